The molecule has 1 fully saturated rings. The van der Waals surface area contributed by atoms with E-state index >= 15 is 0 Å². The normalized spacial score (nSPS) is 14.7. The summed E-state index contributed by atoms with van der Waals surface area (Å²) in [5.74, 6) is 6.07. The summed E-state index contributed by atoms with van der Waals surface area (Å²) in [6, 6.07) is 21.8. The van der Waals surface area contributed by atoms with Gasteiger partial charge in [-0.25, -0.2) is 25.6 Å². The highest BCUT2D eigenvalue weighted by atomic mass is 16.6. The zero-order valence-corrected chi connectivity index (χ0v) is 20.7. The number of ether oxygens (including phenoxy) is 1. The number of hydrogen-bond acceptors (Lipinski definition) is 7. The van der Waals surface area contributed by atoms with Gasteiger partial charge in [-0.3, -0.25) is 0 Å². The molecule has 0 spiro atoms. The molecule has 1 saturated carbocycles. The molecule has 0 radical (unpaired) electrons. The Morgan fingerprint density at radius 3 is 2.17 bits per heavy atom. The fraction of sp³-hybridized carbons (Fsp3) is 0.286. The van der Waals surface area contributed by atoms with Crippen molar-refractivity contribution in [3.63, 3.8) is 0 Å². The molecule has 4 N–H and O–H groups in total. The monoisotopic (exact) mass is 482 g/mol. The maximum Gasteiger partial charge on any atom is 0.408 e. The van der Waals surface area contributed by atoms with Crippen molar-refractivity contribution in [3.05, 3.63) is 72.3 Å². The minimum atomic E-state index is -0.544. The predicted molar refractivity (Wildman–Crippen MR) is 141 cm³/mol. The minimum Gasteiger partial charge on any atom is -0.444 e. The van der Waals surface area contributed by atoms with E-state index in [2.05, 4.69) is 27.9 Å². The summed E-state index contributed by atoms with van der Waals surface area (Å²) in [7, 11) is 0. The number of amides is 1. The van der Waals surface area contributed by atoms with E-state index in [1.54, 1.807) is 6.07 Å². The third kappa shape index (κ3) is 4.72. The lowest BCUT2D eigenvalue weighted by Crippen LogP contribution is -2.52. The first-order chi connectivity index (χ1) is 17.3. The Hall–Kier alpha value is -4.04. The van der Waals surface area contributed by atoms with Crippen LogP contribution in [0.4, 0.5) is 10.6 Å². The van der Waals surface area contributed by atoms with Crippen molar-refractivity contribution in [3.8, 4) is 22.5 Å². The maximum atomic E-state index is 12.5. The molecular weight excluding hydrogens is 452 g/mol. The van der Waals surface area contributed by atoms with E-state index in [1.807, 2.05) is 69.3 Å². The van der Waals surface area contributed by atoms with Crippen LogP contribution in [-0.4, -0.2) is 26.6 Å². The van der Waals surface area contributed by atoms with Crippen molar-refractivity contribution >= 4 is 23.1 Å². The van der Waals surface area contributed by atoms with Crippen molar-refractivity contribution in [2.75, 3.05) is 5.43 Å². The number of anilines is 1. The van der Waals surface area contributed by atoms with Crippen LogP contribution in [0.1, 0.15) is 45.6 Å². The van der Waals surface area contributed by atoms with Crippen LogP contribution < -0.4 is 16.6 Å². The van der Waals surface area contributed by atoms with Gasteiger partial charge in [-0.05, 0) is 57.7 Å². The number of hydrazine groups is 1. The Kier molecular flexibility index (Phi) is 6.05. The summed E-state index contributed by atoms with van der Waals surface area (Å²) >= 11 is 0. The Morgan fingerprint density at radius 1 is 0.889 bits per heavy atom. The van der Waals surface area contributed by atoms with Crippen molar-refractivity contribution in [1.82, 2.24) is 20.3 Å². The topological polar surface area (TPSA) is 115 Å². The second-order valence-electron chi connectivity index (χ2n) is 10.1. The SMILES string of the molecule is CC(C)(C)OC(=O)NC1(c2ccc(-c3nc4ccc(NN)nc4nc3-c3ccccc3)cc2)CCC1. The van der Waals surface area contributed by atoms with Gasteiger partial charge in [0.2, 0.25) is 0 Å². The van der Waals surface area contributed by atoms with Gasteiger partial charge < -0.3 is 15.5 Å². The van der Waals surface area contributed by atoms with Crippen LogP contribution in [0.2, 0.25) is 0 Å². The number of nitrogens with two attached hydrogens (primary N) is 1. The zero-order chi connectivity index (χ0) is 25.3. The number of aromatic nitrogens is 3. The molecule has 8 nitrogen and oxygen atoms in total. The van der Waals surface area contributed by atoms with Crippen molar-refractivity contribution in [1.29, 1.82) is 0 Å². The van der Waals surface area contributed by atoms with Crippen LogP contribution in [0.15, 0.2) is 66.7 Å². The molecule has 0 unspecified atom stereocenters. The van der Waals surface area contributed by atoms with E-state index in [-0.39, 0.29) is 0 Å². The number of nitrogen functional groups attached to an aromatic ring is 1. The van der Waals surface area contributed by atoms with Gasteiger partial charge in [0.05, 0.1) is 16.9 Å². The molecule has 1 aliphatic carbocycles. The van der Waals surface area contributed by atoms with E-state index in [9.17, 15) is 4.79 Å². The summed E-state index contributed by atoms with van der Waals surface area (Å²) in [4.78, 5) is 26.8. The quantitative estimate of drug-likeness (QED) is 0.252. The molecule has 0 aliphatic heterocycles. The number of benzene rings is 2. The standard InChI is InChI=1S/C28H30N6O2/c1-27(2,3)36-26(35)33-28(16-7-17-28)20-12-10-19(11-13-20)23-24(18-8-5-4-6-9-18)32-25-21(30-23)14-15-22(31-25)34-29/h4-6,8-15H,7,16-17,29H2,1-3H3,(H,33,35)(H,31,32,34). The van der Waals surface area contributed by atoms with Gasteiger partial charge in [-0.2, -0.15) is 0 Å². The van der Waals surface area contributed by atoms with Gasteiger partial charge >= 0.3 is 6.09 Å². The zero-order valence-electron chi connectivity index (χ0n) is 20.7. The summed E-state index contributed by atoms with van der Waals surface area (Å²) in [6.07, 6.45) is 2.41. The first kappa shape index (κ1) is 23.7. The molecule has 2 heterocycles. The fourth-order valence-corrected chi connectivity index (χ4v) is 4.48. The maximum absolute atomic E-state index is 12.5. The molecule has 5 rings (SSSR count). The van der Waals surface area contributed by atoms with Crippen molar-refractivity contribution in [2.24, 2.45) is 5.84 Å². The Balaban J connectivity index is 1.52. The van der Waals surface area contributed by atoms with Crippen LogP contribution in [0.3, 0.4) is 0 Å². The number of carbonyl (C=O) groups excluding carboxylic acids is 1. The fourth-order valence-electron chi connectivity index (χ4n) is 4.48. The van der Waals surface area contributed by atoms with E-state index in [1.165, 1.54) is 0 Å². The lowest BCUT2D eigenvalue weighted by molar-refractivity contribution is 0.0377. The van der Waals surface area contributed by atoms with E-state index in [0.717, 1.165) is 47.3 Å². The molecule has 1 aliphatic rings. The second-order valence-corrected chi connectivity index (χ2v) is 10.1. The number of rotatable bonds is 5. The first-order valence-electron chi connectivity index (χ1n) is 12.1. The van der Waals surface area contributed by atoms with E-state index in [0.29, 0.717) is 17.0 Å². The number of nitrogens with one attached hydrogen (secondary N) is 2. The average molecular weight is 483 g/mol. The molecule has 36 heavy (non-hydrogen) atoms. The summed E-state index contributed by atoms with van der Waals surface area (Å²) in [6.45, 7) is 5.60. The lowest BCUT2D eigenvalue weighted by Gasteiger charge is -2.43. The number of fused-ring (bicyclic) bond motifs is 1. The van der Waals surface area contributed by atoms with Crippen LogP contribution >= 0.6 is 0 Å². The molecule has 184 valence electrons. The van der Waals surface area contributed by atoms with Crippen LogP contribution in [-0.2, 0) is 10.3 Å². The number of hydrogen-bond donors (Lipinski definition) is 3. The number of pyridine rings is 1. The summed E-state index contributed by atoms with van der Waals surface area (Å²) < 4.78 is 5.52. The molecule has 8 heteroatoms. The van der Waals surface area contributed by atoms with Crippen LogP contribution in [0.5, 0.6) is 0 Å². The number of nitrogens with zero attached hydrogens (tertiary/aromatic N) is 3. The highest BCUT2D eigenvalue weighted by Gasteiger charge is 2.41. The molecule has 2 aromatic carbocycles. The predicted octanol–water partition coefficient (Wildman–Crippen LogP) is 5.55. The van der Waals surface area contributed by atoms with Gasteiger partial charge in [0.25, 0.3) is 0 Å². The number of carbonyl (C=O) groups is 1. The van der Waals surface area contributed by atoms with Gasteiger partial charge in [0, 0.05) is 11.1 Å². The molecule has 0 bridgehead atoms. The smallest absolute Gasteiger partial charge is 0.408 e. The Morgan fingerprint density at radius 2 is 1.56 bits per heavy atom. The van der Waals surface area contributed by atoms with Crippen molar-refractivity contribution in [2.45, 2.75) is 51.2 Å². The van der Waals surface area contributed by atoms with Crippen LogP contribution in [0.25, 0.3) is 33.7 Å². The highest BCUT2D eigenvalue weighted by Crippen LogP contribution is 2.42. The second kappa shape index (κ2) is 9.20. The van der Waals surface area contributed by atoms with Gasteiger partial charge in [-0.15, -0.1) is 0 Å². The highest BCUT2D eigenvalue weighted by molar-refractivity contribution is 5.85. The number of alkyl carbamates (subject to hydrolysis) is 1. The third-order valence-corrected chi connectivity index (χ3v) is 6.38. The van der Waals surface area contributed by atoms with Gasteiger partial charge in [0.1, 0.15) is 16.9 Å². The molecule has 0 saturated heterocycles. The van der Waals surface area contributed by atoms with E-state index in [4.69, 9.17) is 20.5 Å². The van der Waals surface area contributed by atoms with Crippen LogP contribution in [0, 0.1) is 0 Å². The lowest BCUT2D eigenvalue weighted by atomic mass is 9.71. The van der Waals surface area contributed by atoms with E-state index < -0.39 is 17.2 Å². The molecule has 0 atom stereocenters. The third-order valence-electron chi connectivity index (χ3n) is 6.38. The van der Waals surface area contributed by atoms with Gasteiger partial charge in [-0.1, -0.05) is 54.6 Å². The molecule has 4 aromatic rings. The molecular formula is C28H30N6O2. The van der Waals surface area contributed by atoms with Gasteiger partial charge in [0.15, 0.2) is 5.65 Å². The molecule has 1 amide bonds. The average Bonchev–Trinajstić information content (AvgIpc) is 2.84. The first-order valence-corrected chi connectivity index (χ1v) is 12.1. The summed E-state index contributed by atoms with van der Waals surface area (Å²) in [5.41, 5.74) is 7.23. The molecule has 2 aromatic heterocycles. The largest absolute Gasteiger partial charge is 0.444 e. The Labute approximate surface area is 210 Å². The van der Waals surface area contributed by atoms with Crippen molar-refractivity contribution < 1.29 is 9.53 Å². The Bertz CT molecular complexity index is 1390. The minimum absolute atomic E-state index is 0.392. The summed E-state index contributed by atoms with van der Waals surface area (Å²) in [5, 5.41) is 3.12.